The molecule has 0 saturated heterocycles. The van der Waals surface area contributed by atoms with Crippen LogP contribution in [-0.2, 0) is 0 Å². The zero-order chi connectivity index (χ0) is 14.3. The molecule has 1 fully saturated rings. The number of hydrogen-bond donors (Lipinski definition) is 1. The lowest BCUT2D eigenvalue weighted by Gasteiger charge is -2.39. The molecule has 1 aliphatic rings. The highest BCUT2D eigenvalue weighted by Crippen LogP contribution is 2.27. The number of likely N-dealkylation sites (N-methyl/N-ethyl adjacent to an activating group) is 1. The van der Waals surface area contributed by atoms with Crippen molar-refractivity contribution in [1.29, 1.82) is 0 Å². The van der Waals surface area contributed by atoms with E-state index in [0.717, 1.165) is 18.5 Å². The van der Waals surface area contributed by atoms with Gasteiger partial charge in [-0.15, -0.1) is 0 Å². The zero-order valence-electron chi connectivity index (χ0n) is 13.9. The van der Waals surface area contributed by atoms with Gasteiger partial charge < -0.3 is 5.32 Å². The van der Waals surface area contributed by atoms with E-state index >= 15 is 0 Å². The van der Waals surface area contributed by atoms with Crippen LogP contribution in [0.5, 0.6) is 0 Å². The molecule has 1 N–H and O–H groups in total. The molecule has 0 aliphatic heterocycles. The van der Waals surface area contributed by atoms with Gasteiger partial charge in [0.25, 0.3) is 0 Å². The van der Waals surface area contributed by atoms with Gasteiger partial charge in [-0.05, 0) is 51.6 Å². The summed E-state index contributed by atoms with van der Waals surface area (Å²) in [5, 5.41) is 3.68. The summed E-state index contributed by atoms with van der Waals surface area (Å²) in [5.41, 5.74) is 0. The van der Waals surface area contributed by atoms with Crippen LogP contribution in [-0.4, -0.2) is 36.1 Å². The standard InChI is InChI=1S/C17H36N2/c1-6-17(18-7-2)15(5)19(13-12-14(3)4)16-10-8-9-11-16/h14-18H,6-13H2,1-5H3. The smallest absolute Gasteiger partial charge is 0.0223 e. The molecule has 1 rings (SSSR count). The van der Waals surface area contributed by atoms with Crippen molar-refractivity contribution >= 4 is 0 Å². The van der Waals surface area contributed by atoms with Crippen molar-refractivity contribution in [2.75, 3.05) is 13.1 Å². The zero-order valence-corrected chi connectivity index (χ0v) is 13.9. The monoisotopic (exact) mass is 268 g/mol. The maximum atomic E-state index is 3.68. The first kappa shape index (κ1) is 17.0. The second-order valence-electron chi connectivity index (χ2n) is 6.67. The molecule has 0 spiro atoms. The Labute approximate surface area is 121 Å². The second kappa shape index (κ2) is 8.97. The van der Waals surface area contributed by atoms with Gasteiger partial charge in [0, 0.05) is 18.1 Å². The van der Waals surface area contributed by atoms with Gasteiger partial charge in [-0.25, -0.2) is 0 Å². The Hall–Kier alpha value is -0.0800. The molecule has 0 amide bonds. The summed E-state index contributed by atoms with van der Waals surface area (Å²) in [5.74, 6) is 0.815. The minimum atomic E-state index is 0.651. The van der Waals surface area contributed by atoms with Crippen molar-refractivity contribution in [2.24, 2.45) is 5.92 Å². The lowest BCUT2D eigenvalue weighted by atomic mass is 10.0. The van der Waals surface area contributed by atoms with Gasteiger partial charge in [-0.3, -0.25) is 4.90 Å². The van der Waals surface area contributed by atoms with Crippen molar-refractivity contribution in [2.45, 2.75) is 91.3 Å². The highest BCUT2D eigenvalue weighted by atomic mass is 15.2. The molecule has 0 radical (unpaired) electrons. The summed E-state index contributed by atoms with van der Waals surface area (Å²) < 4.78 is 0. The number of hydrogen-bond acceptors (Lipinski definition) is 2. The summed E-state index contributed by atoms with van der Waals surface area (Å²) in [6, 6.07) is 2.17. The van der Waals surface area contributed by atoms with Crippen LogP contribution in [0, 0.1) is 5.92 Å². The van der Waals surface area contributed by atoms with Crippen LogP contribution >= 0.6 is 0 Å². The molecule has 0 bridgehead atoms. The topological polar surface area (TPSA) is 15.3 Å². The minimum absolute atomic E-state index is 0.651. The third-order valence-electron chi connectivity index (χ3n) is 4.77. The van der Waals surface area contributed by atoms with E-state index in [1.807, 2.05) is 0 Å². The predicted octanol–water partition coefficient (Wildman–Crippen LogP) is 4.05. The summed E-state index contributed by atoms with van der Waals surface area (Å²) in [6.45, 7) is 14.0. The fourth-order valence-electron chi connectivity index (χ4n) is 3.51. The predicted molar refractivity (Wildman–Crippen MR) is 85.6 cm³/mol. The van der Waals surface area contributed by atoms with E-state index < -0.39 is 0 Å². The minimum Gasteiger partial charge on any atom is -0.313 e. The Morgan fingerprint density at radius 2 is 1.74 bits per heavy atom. The van der Waals surface area contributed by atoms with Crippen LogP contribution in [0.15, 0.2) is 0 Å². The fraction of sp³-hybridized carbons (Fsp3) is 1.00. The second-order valence-corrected chi connectivity index (χ2v) is 6.67. The molecule has 0 aromatic rings. The maximum absolute atomic E-state index is 3.68. The number of nitrogens with one attached hydrogen (secondary N) is 1. The first-order valence-corrected chi connectivity index (χ1v) is 8.59. The largest absolute Gasteiger partial charge is 0.313 e. The van der Waals surface area contributed by atoms with E-state index in [9.17, 15) is 0 Å². The van der Waals surface area contributed by atoms with Crippen molar-refractivity contribution in [3.8, 4) is 0 Å². The van der Waals surface area contributed by atoms with Crippen LogP contribution < -0.4 is 5.32 Å². The van der Waals surface area contributed by atoms with Gasteiger partial charge in [-0.2, -0.15) is 0 Å². The molecule has 1 saturated carbocycles. The summed E-state index contributed by atoms with van der Waals surface area (Å²) in [4.78, 5) is 2.82. The molecule has 0 aromatic heterocycles. The molecule has 1 aliphatic carbocycles. The average Bonchev–Trinajstić information content (AvgIpc) is 2.89. The summed E-state index contributed by atoms with van der Waals surface area (Å²) in [7, 11) is 0. The molecule has 2 heteroatoms. The Balaban J connectivity index is 2.63. The number of nitrogens with zero attached hydrogens (tertiary/aromatic N) is 1. The molecule has 2 unspecified atom stereocenters. The van der Waals surface area contributed by atoms with Crippen molar-refractivity contribution in [3.63, 3.8) is 0 Å². The highest BCUT2D eigenvalue weighted by Gasteiger charge is 2.29. The molecule has 19 heavy (non-hydrogen) atoms. The van der Waals surface area contributed by atoms with E-state index in [2.05, 4.69) is 44.8 Å². The van der Waals surface area contributed by atoms with E-state index in [4.69, 9.17) is 0 Å². The van der Waals surface area contributed by atoms with Crippen molar-refractivity contribution < 1.29 is 0 Å². The van der Waals surface area contributed by atoms with Gasteiger partial charge in [-0.1, -0.05) is 40.5 Å². The number of rotatable bonds is 9. The quantitative estimate of drug-likeness (QED) is 0.678. The third kappa shape index (κ3) is 5.43. The van der Waals surface area contributed by atoms with Crippen molar-refractivity contribution in [1.82, 2.24) is 10.2 Å². The molecule has 114 valence electrons. The van der Waals surface area contributed by atoms with E-state index in [1.165, 1.54) is 45.1 Å². The molecular weight excluding hydrogens is 232 g/mol. The van der Waals surface area contributed by atoms with Crippen LogP contribution in [0.2, 0.25) is 0 Å². The van der Waals surface area contributed by atoms with Crippen LogP contribution in [0.3, 0.4) is 0 Å². The van der Waals surface area contributed by atoms with Crippen LogP contribution in [0.1, 0.15) is 73.1 Å². The van der Waals surface area contributed by atoms with Gasteiger partial charge in [0.2, 0.25) is 0 Å². The summed E-state index contributed by atoms with van der Waals surface area (Å²) >= 11 is 0. The maximum Gasteiger partial charge on any atom is 0.0223 e. The van der Waals surface area contributed by atoms with E-state index in [1.54, 1.807) is 0 Å². The van der Waals surface area contributed by atoms with Crippen LogP contribution in [0.25, 0.3) is 0 Å². The van der Waals surface area contributed by atoms with Gasteiger partial charge in [0.05, 0.1) is 0 Å². The van der Waals surface area contributed by atoms with E-state index in [0.29, 0.717) is 12.1 Å². The van der Waals surface area contributed by atoms with Gasteiger partial charge in [0.1, 0.15) is 0 Å². The molecule has 0 heterocycles. The van der Waals surface area contributed by atoms with Crippen molar-refractivity contribution in [3.05, 3.63) is 0 Å². The average molecular weight is 268 g/mol. The molecule has 0 aromatic carbocycles. The fourth-order valence-corrected chi connectivity index (χ4v) is 3.51. The van der Waals surface area contributed by atoms with E-state index in [-0.39, 0.29) is 0 Å². The first-order valence-electron chi connectivity index (χ1n) is 8.59. The molecular formula is C17H36N2. The van der Waals surface area contributed by atoms with Crippen LogP contribution in [0.4, 0.5) is 0 Å². The Bertz CT molecular complexity index is 221. The molecule has 2 nitrogen and oxygen atoms in total. The normalized spacial score (nSPS) is 20.4. The highest BCUT2D eigenvalue weighted by molar-refractivity contribution is 4.87. The lowest BCUT2D eigenvalue weighted by molar-refractivity contribution is 0.109. The lowest BCUT2D eigenvalue weighted by Crippen LogP contribution is -2.52. The van der Waals surface area contributed by atoms with Gasteiger partial charge >= 0.3 is 0 Å². The summed E-state index contributed by atoms with van der Waals surface area (Å²) in [6.07, 6.45) is 8.29. The Morgan fingerprint density at radius 3 is 2.21 bits per heavy atom. The Morgan fingerprint density at radius 1 is 1.11 bits per heavy atom. The van der Waals surface area contributed by atoms with Gasteiger partial charge in [0.15, 0.2) is 0 Å². The molecule has 2 atom stereocenters. The SMILES string of the molecule is CCNC(CC)C(C)N(CCC(C)C)C1CCCC1. The Kier molecular flexibility index (Phi) is 8.01. The third-order valence-corrected chi connectivity index (χ3v) is 4.77. The first-order chi connectivity index (χ1) is 9.10.